The third-order valence-electron chi connectivity index (χ3n) is 7.15. The molecule has 6 rings (SSSR count). The highest BCUT2D eigenvalue weighted by Crippen LogP contribution is 2.53. The smallest absolute Gasteiger partial charge is 0.383 e. The van der Waals surface area contributed by atoms with E-state index < -0.39 is 74.5 Å². The molecule has 0 radical (unpaired) electrons. The first-order valence-corrected chi connectivity index (χ1v) is 18.3. The number of nitrogens with two attached hydrogens (primary N) is 2. The van der Waals surface area contributed by atoms with Crippen LogP contribution in [0.2, 0.25) is 0 Å². The Morgan fingerprint density at radius 2 is 1.62 bits per heavy atom. The highest BCUT2D eigenvalue weighted by atomic mass is 32.7. The number of aromatic nitrogens is 8. The van der Waals surface area contributed by atoms with Crippen LogP contribution in [0, 0.1) is 5.92 Å². The number of aliphatic hydroxyl groups excluding tert-OH is 1. The van der Waals surface area contributed by atoms with Crippen molar-refractivity contribution in [3.63, 3.8) is 0 Å². The van der Waals surface area contributed by atoms with Gasteiger partial charge in [-0.2, -0.15) is 0 Å². The predicted molar refractivity (Wildman–Crippen MR) is 160 cm³/mol. The Kier molecular flexibility index (Phi) is 8.42. The first kappa shape index (κ1) is 32.2. The number of hydrogen-bond acceptors (Lipinski definition) is 16. The van der Waals surface area contributed by atoms with Gasteiger partial charge in [0.1, 0.15) is 48.2 Å². The van der Waals surface area contributed by atoms with E-state index in [9.17, 15) is 29.0 Å². The molecule has 9 N–H and O–H groups in total. The molecule has 9 atom stereocenters. The van der Waals surface area contributed by atoms with Crippen LogP contribution < -0.4 is 22.8 Å². The molecule has 0 saturated carbocycles. The van der Waals surface area contributed by atoms with Crippen LogP contribution in [-0.2, 0) is 39.4 Å². The van der Waals surface area contributed by atoms with Gasteiger partial charge in [-0.15, -0.1) is 0 Å². The van der Waals surface area contributed by atoms with E-state index in [-0.39, 0.29) is 40.4 Å². The Morgan fingerprint density at radius 3 is 2.22 bits per heavy atom. The minimum Gasteiger partial charge on any atom is -0.386 e. The van der Waals surface area contributed by atoms with Gasteiger partial charge in [-0.25, -0.2) is 43.2 Å². The van der Waals surface area contributed by atoms with Crippen molar-refractivity contribution in [3.8, 4) is 0 Å². The molecule has 0 aliphatic carbocycles. The number of anilines is 2. The van der Waals surface area contributed by atoms with Gasteiger partial charge >= 0.3 is 24.9 Å². The Labute approximate surface area is 260 Å². The molecule has 2 aliphatic heterocycles. The molecule has 0 bridgehead atoms. The molecule has 4 aromatic rings. The van der Waals surface area contributed by atoms with Gasteiger partial charge in [-0.05, 0) is 11.8 Å². The topological polar surface area (TPSA) is 303 Å². The molecule has 4 aromatic heterocycles. The zero-order chi connectivity index (χ0) is 32.4. The summed E-state index contributed by atoms with van der Waals surface area (Å²) >= 11 is 8.72. The van der Waals surface area contributed by atoms with Gasteiger partial charge in [0.15, 0.2) is 35.4 Å². The number of H-pyrrole nitrogens is 2. The predicted octanol–water partition coefficient (Wildman–Crippen LogP) is -0.778. The maximum atomic E-state index is 12.8. The average Bonchev–Trinajstić information content (AvgIpc) is 3.66. The van der Waals surface area contributed by atoms with Gasteiger partial charge in [0.2, 0.25) is 0 Å². The van der Waals surface area contributed by atoms with Crippen molar-refractivity contribution in [1.82, 2.24) is 39.0 Å². The number of aromatic amines is 2. The molecule has 25 heteroatoms. The summed E-state index contributed by atoms with van der Waals surface area (Å²) in [5, 5.41) is 11.3. The first-order chi connectivity index (χ1) is 21.1. The highest BCUT2D eigenvalue weighted by molar-refractivity contribution is 8.44. The lowest BCUT2D eigenvalue weighted by atomic mass is 10.1. The maximum absolute atomic E-state index is 12.8. The van der Waals surface area contributed by atoms with Gasteiger partial charge < -0.3 is 45.8 Å². The van der Waals surface area contributed by atoms with Gasteiger partial charge in [-0.3, -0.25) is 13.6 Å². The second-order valence-electron chi connectivity index (χ2n) is 10.2. The lowest BCUT2D eigenvalue weighted by Gasteiger charge is -2.28. The van der Waals surface area contributed by atoms with Crippen molar-refractivity contribution in [3.05, 3.63) is 33.6 Å². The van der Waals surface area contributed by atoms with Crippen LogP contribution in [0.3, 0.4) is 0 Å². The number of thiol groups is 1. The molecule has 21 nitrogen and oxygen atoms in total. The second kappa shape index (κ2) is 11.8. The average molecular weight is 709 g/mol. The SMILES string of the molecule is CC1C[C@H](n2c(=O)[nH]c3c(N)ncnc32)O[C@@H]1OP(O)(=S)O[C@H]1C(O)[C@H](n2c(=O)[nH]c3c(N)ncnc32)O[C@@H]1COP(=O)(O)S. The van der Waals surface area contributed by atoms with Crippen LogP contribution in [0.25, 0.3) is 22.3 Å². The van der Waals surface area contributed by atoms with Crippen molar-refractivity contribution in [2.24, 2.45) is 5.92 Å². The summed E-state index contributed by atoms with van der Waals surface area (Å²) in [7, 11) is 0. The molecule has 0 aromatic carbocycles. The van der Waals surface area contributed by atoms with Crippen molar-refractivity contribution in [2.75, 3.05) is 18.1 Å². The van der Waals surface area contributed by atoms with Crippen LogP contribution in [0.4, 0.5) is 11.6 Å². The van der Waals surface area contributed by atoms with Crippen LogP contribution in [0.1, 0.15) is 25.8 Å². The third-order valence-corrected chi connectivity index (χ3v) is 9.48. The normalized spacial score (nSPS) is 29.8. The standard InChI is InChI=1S/C20H26N10O11P2S2/c1-6-2-8(29-15-9(27-19(29)32)13(21)23-4-25-15)39-18(6)41-43(36,45)40-12-7(3-37-42(34,35)44)38-17(11(12)31)30-16-10(28-20(30)33)14(22)24-5-26-16/h4-8,11-12,17-18,31H,2-3H2,1H3,(H,27,32)(H,28,33)(H,36,45)(H2,21,23,25)(H2,22,24,26)(H2,34,35,44)/t6?,7-,8-,11?,12-,17-,18-,43?/m1/s1. The van der Waals surface area contributed by atoms with Gasteiger partial charge in [0.25, 0.3) is 0 Å². The van der Waals surface area contributed by atoms with E-state index in [4.69, 9.17) is 46.3 Å². The van der Waals surface area contributed by atoms with Crippen LogP contribution in [-0.4, -0.2) is 85.1 Å². The molecule has 2 saturated heterocycles. The third kappa shape index (κ3) is 6.19. The van der Waals surface area contributed by atoms with Crippen molar-refractivity contribution < 1.29 is 42.5 Å². The van der Waals surface area contributed by atoms with E-state index in [1.54, 1.807) is 6.92 Å². The van der Waals surface area contributed by atoms with E-state index in [1.807, 2.05) is 0 Å². The molecule has 45 heavy (non-hydrogen) atoms. The van der Waals surface area contributed by atoms with Crippen molar-refractivity contribution >= 4 is 71.5 Å². The molecule has 0 spiro atoms. The number of nitrogens with one attached hydrogen (secondary N) is 2. The van der Waals surface area contributed by atoms with Crippen molar-refractivity contribution in [2.45, 2.75) is 50.4 Å². The second-order valence-corrected chi connectivity index (χ2v) is 15.7. The summed E-state index contributed by atoms with van der Waals surface area (Å²) < 4.78 is 41.8. The molecule has 2 aliphatic rings. The fourth-order valence-electron chi connectivity index (χ4n) is 5.16. The number of ether oxygens (including phenoxy) is 2. The van der Waals surface area contributed by atoms with E-state index in [1.165, 1.54) is 10.9 Å². The largest absolute Gasteiger partial charge is 0.386 e. The Morgan fingerprint density at radius 1 is 1.04 bits per heavy atom. The molecule has 244 valence electrons. The zero-order valence-electron chi connectivity index (χ0n) is 22.8. The molecule has 0 amide bonds. The fourth-order valence-corrected chi connectivity index (χ4v) is 7.39. The minimum absolute atomic E-state index is 0.0302. The van der Waals surface area contributed by atoms with E-state index in [0.717, 1.165) is 10.9 Å². The van der Waals surface area contributed by atoms with E-state index in [2.05, 4.69) is 42.2 Å². The number of rotatable bonds is 9. The molecule has 4 unspecified atom stereocenters. The lowest BCUT2D eigenvalue weighted by Crippen LogP contribution is -2.37. The van der Waals surface area contributed by atoms with Crippen LogP contribution >= 0.6 is 25.8 Å². The molecule has 2 fully saturated rings. The zero-order valence-corrected chi connectivity index (χ0v) is 26.3. The monoisotopic (exact) mass is 708 g/mol. The number of nitrogen functional groups attached to an aromatic ring is 2. The van der Waals surface area contributed by atoms with E-state index >= 15 is 0 Å². The highest BCUT2D eigenvalue weighted by Gasteiger charge is 2.50. The molecule has 6 heterocycles. The van der Waals surface area contributed by atoms with Gasteiger partial charge in [-0.1, -0.05) is 19.2 Å². The van der Waals surface area contributed by atoms with Crippen molar-refractivity contribution in [1.29, 1.82) is 0 Å². The summed E-state index contributed by atoms with van der Waals surface area (Å²) in [5.41, 5.74) is 10.7. The summed E-state index contributed by atoms with van der Waals surface area (Å²) in [6, 6.07) is 0. The van der Waals surface area contributed by atoms with Gasteiger partial charge in [0, 0.05) is 12.3 Å². The van der Waals surface area contributed by atoms with Crippen LogP contribution in [0.15, 0.2) is 22.2 Å². The fraction of sp³-hybridized carbons (Fsp3) is 0.500. The molecular formula is C20H26N10O11P2S2. The summed E-state index contributed by atoms with van der Waals surface area (Å²) in [6.07, 6.45) is -5.84. The van der Waals surface area contributed by atoms with Crippen LogP contribution in [0.5, 0.6) is 0 Å². The summed E-state index contributed by atoms with van der Waals surface area (Å²) in [4.78, 5) is 67.0. The lowest BCUT2D eigenvalue weighted by molar-refractivity contribution is -0.118. The number of fused-ring (bicyclic) bond motifs is 2. The molecular weight excluding hydrogens is 682 g/mol. The minimum atomic E-state index is -4.35. The quantitative estimate of drug-likeness (QED) is 0.0781. The number of aliphatic hydroxyl groups is 1. The number of imidazole rings is 2. The maximum Gasteiger partial charge on any atom is 0.383 e. The van der Waals surface area contributed by atoms with E-state index in [0.29, 0.717) is 0 Å². The van der Waals surface area contributed by atoms with Gasteiger partial charge in [0.05, 0.1) is 6.61 Å². The summed E-state index contributed by atoms with van der Waals surface area (Å²) in [6.45, 7) is -7.65. The Balaban J connectivity index is 1.24. The summed E-state index contributed by atoms with van der Waals surface area (Å²) in [5.74, 6) is -0.439. The first-order valence-electron chi connectivity index (χ1n) is 12.9. The Hall–Kier alpha value is -2.79. The Bertz CT molecular complexity index is 1980. The number of hydrogen-bond donors (Lipinski definition) is 8. The number of nitrogens with zero attached hydrogens (tertiary/aromatic N) is 6.